The molecule has 0 bridgehead atoms. The molecule has 1 heterocycles. The summed E-state index contributed by atoms with van der Waals surface area (Å²) < 4.78 is 11.8. The van der Waals surface area contributed by atoms with Crippen molar-refractivity contribution in [3.05, 3.63) is 77.9 Å². The summed E-state index contributed by atoms with van der Waals surface area (Å²) in [4.78, 5) is 12.8. The first kappa shape index (κ1) is 21.2. The van der Waals surface area contributed by atoms with Crippen molar-refractivity contribution in [2.75, 3.05) is 26.2 Å². The number of amides is 1. The average Bonchev–Trinajstić information content (AvgIpc) is 2.81. The number of carbonyl (C=O) groups excluding carboxylic acids is 1. The third kappa shape index (κ3) is 5.16. The molecule has 6 nitrogen and oxygen atoms in total. The molecule has 0 saturated carbocycles. The van der Waals surface area contributed by atoms with E-state index in [0.717, 1.165) is 22.3 Å². The Morgan fingerprint density at radius 1 is 1.06 bits per heavy atom. The maximum atomic E-state index is 11.4. The lowest BCUT2D eigenvalue weighted by Crippen LogP contribution is -2.51. The van der Waals surface area contributed by atoms with Crippen LogP contribution in [0.3, 0.4) is 0 Å². The number of piperidine rings is 1. The lowest BCUT2D eigenvalue weighted by molar-refractivity contribution is -0.268. The van der Waals surface area contributed by atoms with Gasteiger partial charge in [0.2, 0.25) is 0 Å². The first-order valence-electron chi connectivity index (χ1n) is 10.6. The highest BCUT2D eigenvalue weighted by Gasteiger charge is 2.31. The Balaban J connectivity index is 1.49. The Labute approximate surface area is 182 Å². The fraction of sp³-hybridized carbons (Fsp3) is 0.320. The van der Waals surface area contributed by atoms with Crippen LogP contribution in [-0.4, -0.2) is 43.3 Å². The summed E-state index contributed by atoms with van der Waals surface area (Å²) >= 11 is 0. The molecule has 6 heteroatoms. The van der Waals surface area contributed by atoms with Crippen LogP contribution in [0.4, 0.5) is 4.79 Å². The normalized spacial score (nSPS) is 18.8. The molecule has 2 unspecified atom stereocenters. The number of nitrogens with two attached hydrogens (primary N) is 1. The molecule has 4 rings (SSSR count). The summed E-state index contributed by atoms with van der Waals surface area (Å²) in [6.45, 7) is 2.10. The Bertz CT molecular complexity index is 1020. The maximum absolute atomic E-state index is 11.4. The summed E-state index contributed by atoms with van der Waals surface area (Å²) in [7, 11) is 0. The molecule has 3 aromatic carbocycles. The number of fused-ring (bicyclic) bond motifs is 1. The number of hydrogen-bond donors (Lipinski definition) is 1. The summed E-state index contributed by atoms with van der Waals surface area (Å²) in [6.07, 6.45) is -0.725. The van der Waals surface area contributed by atoms with E-state index in [4.69, 9.17) is 15.2 Å². The number of rotatable bonds is 7. The minimum atomic E-state index is -1.15. The fourth-order valence-electron chi connectivity index (χ4n) is 4.15. The summed E-state index contributed by atoms with van der Waals surface area (Å²) in [5.41, 5.74) is 7.67. The molecule has 1 saturated heterocycles. The van der Waals surface area contributed by atoms with E-state index in [-0.39, 0.29) is 12.0 Å². The van der Waals surface area contributed by atoms with Gasteiger partial charge in [-0.1, -0.05) is 48.5 Å². The molecular formula is C25H27N2O4-. The van der Waals surface area contributed by atoms with Crippen molar-refractivity contribution in [1.82, 2.24) is 4.90 Å². The lowest BCUT2D eigenvalue weighted by Gasteiger charge is -2.40. The van der Waals surface area contributed by atoms with Gasteiger partial charge in [-0.2, -0.15) is 0 Å². The van der Waals surface area contributed by atoms with Crippen molar-refractivity contribution >= 4 is 16.9 Å². The van der Waals surface area contributed by atoms with E-state index in [9.17, 15) is 9.90 Å². The summed E-state index contributed by atoms with van der Waals surface area (Å²) in [6, 6.07) is 22.4. The average molecular weight is 420 g/mol. The van der Waals surface area contributed by atoms with Gasteiger partial charge in [0.25, 0.3) is 0 Å². The van der Waals surface area contributed by atoms with Crippen molar-refractivity contribution in [2.45, 2.75) is 25.0 Å². The van der Waals surface area contributed by atoms with Crippen LogP contribution in [-0.2, 0) is 11.3 Å². The number of nitrogens with zero attached hydrogens (tertiary/aromatic N) is 1. The predicted molar refractivity (Wildman–Crippen MR) is 118 cm³/mol. The van der Waals surface area contributed by atoms with Gasteiger partial charge in [-0.25, -0.2) is 0 Å². The second kappa shape index (κ2) is 9.81. The van der Waals surface area contributed by atoms with E-state index in [1.54, 1.807) is 0 Å². The van der Waals surface area contributed by atoms with Crippen molar-refractivity contribution < 1.29 is 19.4 Å². The highest BCUT2D eigenvalue weighted by atomic mass is 16.5. The van der Waals surface area contributed by atoms with Crippen molar-refractivity contribution in [2.24, 2.45) is 5.73 Å². The van der Waals surface area contributed by atoms with Crippen molar-refractivity contribution in [3.63, 3.8) is 0 Å². The first-order valence-corrected chi connectivity index (χ1v) is 10.6. The monoisotopic (exact) mass is 419 g/mol. The van der Waals surface area contributed by atoms with Crippen LogP contribution in [0.1, 0.15) is 23.5 Å². The van der Waals surface area contributed by atoms with E-state index in [1.165, 1.54) is 10.3 Å². The number of carboxylic acid groups (broad SMARTS) is 1. The molecule has 1 amide bonds. The minimum Gasteiger partial charge on any atom is -0.530 e. The van der Waals surface area contributed by atoms with E-state index in [1.807, 2.05) is 36.4 Å². The second-order valence-corrected chi connectivity index (χ2v) is 7.84. The van der Waals surface area contributed by atoms with E-state index >= 15 is 0 Å². The van der Waals surface area contributed by atoms with Crippen LogP contribution >= 0.6 is 0 Å². The smallest absolute Gasteiger partial charge is 0.137 e. The Kier molecular flexibility index (Phi) is 6.70. The second-order valence-electron chi connectivity index (χ2n) is 7.84. The molecule has 1 aliphatic rings. The van der Waals surface area contributed by atoms with E-state index in [0.29, 0.717) is 39.3 Å². The molecule has 0 radical (unpaired) electrons. The van der Waals surface area contributed by atoms with Crippen LogP contribution in [0, 0.1) is 0 Å². The Hall–Kier alpha value is -3.09. The SMILES string of the molecule is NCCOc1ccc(C2CCN(C(=O)[O-])CC2OCc2ccc3ccccc3c2)cc1. The van der Waals surface area contributed by atoms with Crippen LogP contribution in [0.2, 0.25) is 0 Å². The predicted octanol–water partition coefficient (Wildman–Crippen LogP) is 2.90. The van der Waals surface area contributed by atoms with Crippen LogP contribution in [0.25, 0.3) is 10.8 Å². The zero-order valence-corrected chi connectivity index (χ0v) is 17.4. The number of benzene rings is 3. The molecule has 162 valence electrons. The van der Waals surface area contributed by atoms with Gasteiger partial charge >= 0.3 is 0 Å². The molecule has 1 aliphatic heterocycles. The molecule has 3 aromatic rings. The molecule has 0 spiro atoms. The molecule has 0 aliphatic carbocycles. The molecule has 2 atom stereocenters. The van der Waals surface area contributed by atoms with Gasteiger partial charge in [0.15, 0.2) is 0 Å². The summed E-state index contributed by atoms with van der Waals surface area (Å²) in [5, 5.41) is 13.8. The Morgan fingerprint density at radius 2 is 1.84 bits per heavy atom. The molecule has 1 fully saturated rings. The van der Waals surface area contributed by atoms with Gasteiger partial charge in [-0.05, 0) is 46.5 Å². The van der Waals surface area contributed by atoms with Gasteiger partial charge < -0.3 is 30.0 Å². The van der Waals surface area contributed by atoms with Crippen LogP contribution in [0.5, 0.6) is 5.75 Å². The highest BCUT2D eigenvalue weighted by Crippen LogP contribution is 2.32. The summed E-state index contributed by atoms with van der Waals surface area (Å²) in [5.74, 6) is 0.870. The lowest BCUT2D eigenvalue weighted by atomic mass is 9.87. The van der Waals surface area contributed by atoms with E-state index in [2.05, 4.69) is 30.3 Å². The largest absolute Gasteiger partial charge is 0.530 e. The van der Waals surface area contributed by atoms with Gasteiger partial charge in [0, 0.05) is 25.6 Å². The standard InChI is InChI=1S/C25H28N2O4/c26-12-14-30-22-9-7-20(8-10-22)23-11-13-27(25(28)29)16-24(23)31-17-18-5-6-19-3-1-2-4-21(19)15-18/h1-10,15,23-24H,11-14,16-17,26H2,(H,28,29)/p-1. The molecule has 0 aromatic heterocycles. The van der Waals surface area contributed by atoms with Gasteiger partial charge in [-0.3, -0.25) is 0 Å². The maximum Gasteiger partial charge on any atom is 0.137 e. The van der Waals surface area contributed by atoms with Crippen molar-refractivity contribution in [1.29, 1.82) is 0 Å². The third-order valence-electron chi connectivity index (χ3n) is 5.79. The van der Waals surface area contributed by atoms with E-state index < -0.39 is 6.09 Å². The van der Waals surface area contributed by atoms with Crippen molar-refractivity contribution in [3.8, 4) is 5.75 Å². The van der Waals surface area contributed by atoms with Gasteiger partial charge in [0.05, 0.1) is 12.7 Å². The fourth-order valence-corrected chi connectivity index (χ4v) is 4.15. The molecular weight excluding hydrogens is 392 g/mol. The first-order chi connectivity index (χ1) is 15.1. The zero-order valence-electron chi connectivity index (χ0n) is 17.4. The topological polar surface area (TPSA) is 87.9 Å². The number of hydrogen-bond acceptors (Lipinski definition) is 5. The zero-order chi connectivity index (χ0) is 21.6. The molecule has 31 heavy (non-hydrogen) atoms. The highest BCUT2D eigenvalue weighted by molar-refractivity contribution is 5.82. The number of carbonyl (C=O) groups is 1. The van der Waals surface area contributed by atoms with Gasteiger partial charge in [0.1, 0.15) is 18.4 Å². The van der Waals surface area contributed by atoms with Gasteiger partial charge in [-0.15, -0.1) is 0 Å². The minimum absolute atomic E-state index is 0.0969. The Morgan fingerprint density at radius 3 is 2.58 bits per heavy atom. The quantitative estimate of drug-likeness (QED) is 0.636. The van der Waals surface area contributed by atoms with Crippen LogP contribution in [0.15, 0.2) is 66.7 Å². The molecule has 2 N–H and O–H groups in total. The van der Waals surface area contributed by atoms with Crippen LogP contribution < -0.4 is 15.6 Å². The number of ether oxygens (including phenoxy) is 2. The third-order valence-corrected chi connectivity index (χ3v) is 5.79. The number of likely N-dealkylation sites (tertiary alicyclic amines) is 1.